The van der Waals surface area contributed by atoms with E-state index in [1.54, 1.807) is 0 Å². The van der Waals surface area contributed by atoms with Crippen LogP contribution in [0.5, 0.6) is 0 Å². The van der Waals surface area contributed by atoms with E-state index < -0.39 is 15.3 Å². The molecule has 8 heteroatoms. The van der Waals surface area contributed by atoms with Crippen LogP contribution in [0.3, 0.4) is 0 Å². The zero-order valence-corrected chi connectivity index (χ0v) is 9.23. The van der Waals surface area contributed by atoms with Crippen LogP contribution in [0.1, 0.15) is 0 Å². The van der Waals surface area contributed by atoms with Gasteiger partial charge < -0.3 is 5.32 Å². The molecule has 0 aliphatic heterocycles. The van der Waals surface area contributed by atoms with Crippen molar-refractivity contribution in [2.24, 2.45) is 0 Å². The van der Waals surface area contributed by atoms with E-state index >= 15 is 0 Å². The Balaban J connectivity index is 3.32. The van der Waals surface area contributed by atoms with E-state index in [1.807, 2.05) is 0 Å². The van der Waals surface area contributed by atoms with E-state index in [9.17, 15) is 21.6 Å². The Morgan fingerprint density at radius 3 is 2.29 bits per heavy atom. The highest BCUT2D eigenvalue weighted by Crippen LogP contribution is 2.29. The highest BCUT2D eigenvalue weighted by Gasteiger charge is 2.27. The summed E-state index contributed by atoms with van der Waals surface area (Å²) in [6.45, 7) is 0.344. The molecule has 0 aromatic rings. The molecule has 0 atom stereocenters. The molecule has 0 fully saturated rings. The van der Waals surface area contributed by atoms with E-state index in [2.05, 4.69) is 5.32 Å². The molecular formula is C6H12F3NO2S2. The average Bonchev–Trinajstić information content (AvgIpc) is 1.92. The maximum Gasteiger partial charge on any atom is 0.441 e. The number of nitrogens with one attached hydrogen (secondary N) is 1. The lowest BCUT2D eigenvalue weighted by atomic mass is 10.7. The first-order chi connectivity index (χ1) is 6.21. The zero-order chi connectivity index (χ0) is 11.2. The van der Waals surface area contributed by atoms with Gasteiger partial charge in [-0.25, -0.2) is 8.42 Å². The molecule has 0 aromatic heterocycles. The van der Waals surface area contributed by atoms with Crippen LogP contribution in [0.2, 0.25) is 0 Å². The molecule has 0 rings (SSSR count). The van der Waals surface area contributed by atoms with Gasteiger partial charge in [0.2, 0.25) is 0 Å². The molecule has 0 aliphatic rings. The lowest BCUT2D eigenvalue weighted by Crippen LogP contribution is -2.25. The molecule has 3 nitrogen and oxygen atoms in total. The molecule has 0 heterocycles. The summed E-state index contributed by atoms with van der Waals surface area (Å²) in [6.07, 6.45) is 1.08. The molecule has 0 amide bonds. The molecule has 14 heavy (non-hydrogen) atoms. The second kappa shape index (κ2) is 5.82. The van der Waals surface area contributed by atoms with Crippen molar-refractivity contribution < 1.29 is 21.6 Å². The van der Waals surface area contributed by atoms with Gasteiger partial charge in [-0.15, -0.1) is 0 Å². The van der Waals surface area contributed by atoms with Crippen LogP contribution >= 0.6 is 11.8 Å². The molecule has 1 N–H and O–H groups in total. The van der Waals surface area contributed by atoms with Gasteiger partial charge in [0.05, 0.1) is 5.75 Å². The standard InChI is InChI=1S/C6H12F3NO2S2/c1-14(11,12)5-3-10-2-4-13-6(7,8)9/h10H,2-5H2,1H3. The molecular weight excluding hydrogens is 239 g/mol. The molecule has 0 saturated heterocycles. The minimum absolute atomic E-state index is 0.0519. The predicted octanol–water partition coefficient (Wildman–Crippen LogP) is 0.874. The van der Waals surface area contributed by atoms with Crippen LogP contribution in [0.25, 0.3) is 0 Å². The number of thioether (sulfide) groups is 1. The lowest BCUT2D eigenvalue weighted by molar-refractivity contribution is -0.0327. The molecule has 0 aromatic carbocycles. The van der Waals surface area contributed by atoms with Crippen molar-refractivity contribution in [3.05, 3.63) is 0 Å². The lowest BCUT2D eigenvalue weighted by Gasteiger charge is -2.06. The van der Waals surface area contributed by atoms with E-state index in [-0.39, 0.29) is 36.4 Å². The Kier molecular flexibility index (Phi) is 5.84. The van der Waals surface area contributed by atoms with Crippen LogP contribution < -0.4 is 5.32 Å². The fourth-order valence-electron chi connectivity index (χ4n) is 0.621. The summed E-state index contributed by atoms with van der Waals surface area (Å²) >= 11 is -0.120. The third-order valence-electron chi connectivity index (χ3n) is 1.19. The van der Waals surface area contributed by atoms with E-state index in [0.29, 0.717) is 0 Å². The molecule has 0 unspecified atom stereocenters. The number of hydrogen-bond donors (Lipinski definition) is 1. The Morgan fingerprint density at radius 1 is 1.29 bits per heavy atom. The smallest absolute Gasteiger partial charge is 0.315 e. The fraction of sp³-hybridized carbons (Fsp3) is 1.00. The van der Waals surface area contributed by atoms with E-state index in [4.69, 9.17) is 0 Å². The van der Waals surface area contributed by atoms with Crippen molar-refractivity contribution >= 4 is 21.6 Å². The number of hydrogen-bond acceptors (Lipinski definition) is 4. The first kappa shape index (κ1) is 14.1. The normalized spacial score (nSPS) is 13.1. The number of halogens is 3. The summed E-state index contributed by atoms with van der Waals surface area (Å²) in [7, 11) is -3.03. The molecule has 0 saturated carbocycles. The highest BCUT2D eigenvalue weighted by atomic mass is 32.2. The topological polar surface area (TPSA) is 46.2 Å². The zero-order valence-electron chi connectivity index (χ0n) is 7.60. The van der Waals surface area contributed by atoms with Gasteiger partial charge in [-0.2, -0.15) is 13.2 Å². The minimum atomic E-state index is -4.21. The van der Waals surface area contributed by atoms with Crippen molar-refractivity contribution in [3.63, 3.8) is 0 Å². The Hall–Kier alpha value is 0.0500. The highest BCUT2D eigenvalue weighted by molar-refractivity contribution is 8.00. The molecule has 0 bridgehead atoms. The second-order valence-corrected chi connectivity index (χ2v) is 6.09. The van der Waals surface area contributed by atoms with Crippen LogP contribution in [0.15, 0.2) is 0 Å². The molecule has 86 valence electrons. The Labute approximate surface area is 85.4 Å². The van der Waals surface area contributed by atoms with E-state index in [1.165, 1.54) is 0 Å². The van der Waals surface area contributed by atoms with Gasteiger partial charge in [-0.05, 0) is 11.8 Å². The van der Waals surface area contributed by atoms with Gasteiger partial charge in [-0.1, -0.05) is 0 Å². The van der Waals surface area contributed by atoms with Gasteiger partial charge >= 0.3 is 5.51 Å². The van der Waals surface area contributed by atoms with Gasteiger partial charge in [0, 0.05) is 25.1 Å². The first-order valence-corrected chi connectivity index (χ1v) is 6.84. The summed E-state index contributed by atoms with van der Waals surface area (Å²) in [5.74, 6) is -0.156. The van der Waals surface area contributed by atoms with Crippen molar-refractivity contribution in [2.45, 2.75) is 5.51 Å². The molecule has 0 spiro atoms. The van der Waals surface area contributed by atoms with Crippen molar-refractivity contribution in [1.29, 1.82) is 0 Å². The summed E-state index contributed by atoms with van der Waals surface area (Å²) < 4.78 is 56.0. The third kappa shape index (κ3) is 12.0. The van der Waals surface area contributed by atoms with Crippen LogP contribution in [0.4, 0.5) is 13.2 Å². The van der Waals surface area contributed by atoms with Gasteiger partial charge in [0.25, 0.3) is 0 Å². The monoisotopic (exact) mass is 251 g/mol. The van der Waals surface area contributed by atoms with Gasteiger partial charge in [0.15, 0.2) is 0 Å². The van der Waals surface area contributed by atoms with Crippen LogP contribution in [0, 0.1) is 0 Å². The van der Waals surface area contributed by atoms with Gasteiger partial charge in [-0.3, -0.25) is 0 Å². The predicted molar refractivity (Wildman–Crippen MR) is 51.1 cm³/mol. The second-order valence-electron chi connectivity index (χ2n) is 2.67. The average molecular weight is 251 g/mol. The van der Waals surface area contributed by atoms with E-state index in [0.717, 1.165) is 6.26 Å². The number of alkyl halides is 3. The van der Waals surface area contributed by atoms with Crippen molar-refractivity contribution in [3.8, 4) is 0 Å². The summed E-state index contributed by atoms with van der Waals surface area (Å²) in [5.41, 5.74) is -4.21. The molecule has 0 radical (unpaired) electrons. The maximum absolute atomic E-state index is 11.6. The third-order valence-corrected chi connectivity index (χ3v) is 2.88. The fourth-order valence-corrected chi connectivity index (χ4v) is 1.61. The summed E-state index contributed by atoms with van der Waals surface area (Å²) in [5, 5.41) is 2.61. The van der Waals surface area contributed by atoms with Crippen LogP contribution in [-0.2, 0) is 9.84 Å². The maximum atomic E-state index is 11.6. The Morgan fingerprint density at radius 2 is 1.86 bits per heavy atom. The van der Waals surface area contributed by atoms with Gasteiger partial charge in [0.1, 0.15) is 9.84 Å². The minimum Gasteiger partial charge on any atom is -0.315 e. The molecule has 0 aliphatic carbocycles. The number of rotatable bonds is 6. The van der Waals surface area contributed by atoms with Crippen molar-refractivity contribution in [2.75, 3.05) is 30.9 Å². The summed E-state index contributed by atoms with van der Waals surface area (Å²) in [4.78, 5) is 0. The Bertz CT molecular complexity index is 250. The first-order valence-electron chi connectivity index (χ1n) is 3.80. The SMILES string of the molecule is CS(=O)(=O)CCNCCSC(F)(F)F. The largest absolute Gasteiger partial charge is 0.441 e. The van der Waals surface area contributed by atoms with Crippen molar-refractivity contribution in [1.82, 2.24) is 5.32 Å². The summed E-state index contributed by atoms with van der Waals surface area (Å²) in [6, 6.07) is 0. The number of sulfone groups is 1. The van der Waals surface area contributed by atoms with Crippen LogP contribution in [-0.4, -0.2) is 44.8 Å². The quantitative estimate of drug-likeness (QED) is 0.712.